The first-order valence-electron chi connectivity index (χ1n) is 11.8. The van der Waals surface area contributed by atoms with Gasteiger partial charge in [0, 0.05) is 0 Å². The zero-order valence-electron chi connectivity index (χ0n) is 21.9. The minimum Gasteiger partial charge on any atom is -1.00 e. The number of nitrogens with zero attached hydrogens (tertiary/aromatic N) is 3. The Bertz CT molecular complexity index is 1030. The molecule has 1 heterocycles. The topological polar surface area (TPSA) is 37.6 Å². The predicted octanol–water partition coefficient (Wildman–Crippen LogP) is -1.38. The molecule has 0 aliphatic heterocycles. The van der Waals surface area contributed by atoms with E-state index in [0.717, 1.165) is 59.9 Å². The molecule has 0 saturated heterocycles. The van der Waals surface area contributed by atoms with Gasteiger partial charge in [-0.15, -0.1) is 0 Å². The quantitative estimate of drug-likeness (QED) is 0.302. The Morgan fingerprint density at radius 2 is 0.833 bits per heavy atom. The fourth-order valence-electron chi connectivity index (χ4n) is 4.01. The molecule has 0 radical (unpaired) electrons. The van der Waals surface area contributed by atoms with Crippen LogP contribution in [-0.4, -0.2) is 16.4 Å². The van der Waals surface area contributed by atoms with Crippen molar-refractivity contribution in [2.75, 3.05) is 0 Å². The van der Waals surface area contributed by atoms with Crippen molar-refractivity contribution in [1.82, 2.24) is 4.98 Å². The van der Waals surface area contributed by atoms with Gasteiger partial charge in [-0.25, -0.2) is 4.98 Å². The second-order valence-electron chi connectivity index (χ2n) is 8.07. The van der Waals surface area contributed by atoms with E-state index in [0.29, 0.717) is 0 Å². The molecule has 0 aliphatic carbocycles. The number of hydrogen-bond donors (Lipinski definition) is 0. The summed E-state index contributed by atoms with van der Waals surface area (Å²) in [6, 6.07) is 19.1. The second-order valence-corrected chi connectivity index (χ2v) is 8.07. The predicted molar refractivity (Wildman–Crippen MR) is 138 cm³/mol. The van der Waals surface area contributed by atoms with Crippen molar-refractivity contribution in [3.63, 3.8) is 0 Å². The summed E-state index contributed by atoms with van der Waals surface area (Å²) in [5.41, 5.74) is 10.9. The van der Waals surface area contributed by atoms with Gasteiger partial charge in [0.2, 0.25) is 0 Å². The molecule has 0 atom stereocenters. The number of hydrogen-bond acceptors (Lipinski definition) is 3. The Labute approximate surface area is 247 Å². The van der Waals surface area contributed by atoms with Crippen LogP contribution in [0.15, 0.2) is 64.6 Å². The average molecular weight is 583 g/mol. The molecule has 0 aliphatic rings. The van der Waals surface area contributed by atoms with Crippen LogP contribution in [0.2, 0.25) is 0 Å². The molecule has 3 nitrogen and oxygen atoms in total. The first kappa shape index (κ1) is 36.5. The summed E-state index contributed by atoms with van der Waals surface area (Å²) >= 11 is 0. The molecule has 1 aromatic heterocycles. The first-order chi connectivity index (χ1) is 15.5. The smallest absolute Gasteiger partial charge is 1.00 e. The van der Waals surface area contributed by atoms with Crippen molar-refractivity contribution in [1.29, 1.82) is 0 Å². The molecule has 2 aromatic carbocycles. The van der Waals surface area contributed by atoms with E-state index >= 15 is 0 Å². The van der Waals surface area contributed by atoms with Gasteiger partial charge < -0.3 is 37.2 Å². The van der Waals surface area contributed by atoms with Gasteiger partial charge in [-0.1, -0.05) is 70.2 Å². The number of rotatable bonds is 8. The Hall–Kier alpha value is -1.62. The van der Waals surface area contributed by atoms with Gasteiger partial charge in [0.15, 0.2) is 0 Å². The van der Waals surface area contributed by atoms with E-state index in [4.69, 9.17) is 15.0 Å². The largest absolute Gasteiger partial charge is 3.00 e. The maximum absolute atomic E-state index is 5.02. The molecule has 0 unspecified atom stereocenters. The number of benzene rings is 2. The minimum absolute atomic E-state index is 0. The van der Waals surface area contributed by atoms with Gasteiger partial charge in [-0.05, 0) is 73.9 Å². The average Bonchev–Trinajstić information content (AvgIpc) is 2.84. The summed E-state index contributed by atoms with van der Waals surface area (Å²) in [7, 11) is 0. The molecular weight excluding hydrogens is 548 g/mol. The number of para-hydroxylation sites is 2. The Morgan fingerprint density at radius 3 is 1.11 bits per heavy atom. The zero-order chi connectivity index (χ0) is 23.1. The van der Waals surface area contributed by atoms with Gasteiger partial charge in [0.25, 0.3) is 0 Å². The van der Waals surface area contributed by atoms with Crippen LogP contribution in [0, 0.1) is 0 Å². The van der Waals surface area contributed by atoms with Crippen LogP contribution in [0.5, 0.6) is 0 Å². The standard InChI is InChI=1S/C29H35N3.3ClH.V/c1-7-22-14-11-15-23(8-2)28(22)30-20(5)26-18-13-19-27(32-26)21(6)31-29-24(9-3)16-12-17-25(29)10-4;;;;/h11-19H,7-10H2,1-6H3;3*1H;/q;;;;+3/p-3. The molecule has 0 fully saturated rings. The zero-order valence-corrected chi connectivity index (χ0v) is 25.6. The van der Waals surface area contributed by atoms with Gasteiger partial charge in [-0.2, -0.15) is 0 Å². The van der Waals surface area contributed by atoms with Crippen LogP contribution in [-0.2, 0) is 44.2 Å². The van der Waals surface area contributed by atoms with Crippen LogP contribution in [0.4, 0.5) is 11.4 Å². The molecular formula is C29H35Cl3N3V. The summed E-state index contributed by atoms with van der Waals surface area (Å²) in [6.07, 6.45) is 3.87. The van der Waals surface area contributed by atoms with Crippen LogP contribution >= 0.6 is 0 Å². The fourth-order valence-corrected chi connectivity index (χ4v) is 4.01. The first-order valence-corrected chi connectivity index (χ1v) is 11.8. The number of aliphatic imine (C=N–C) groups is 2. The Kier molecular flexibility index (Phi) is 18.0. The van der Waals surface area contributed by atoms with Gasteiger partial charge >= 0.3 is 18.6 Å². The van der Waals surface area contributed by atoms with Gasteiger partial charge in [0.1, 0.15) is 0 Å². The van der Waals surface area contributed by atoms with Gasteiger partial charge in [0.05, 0.1) is 34.2 Å². The summed E-state index contributed by atoms with van der Waals surface area (Å²) in [4.78, 5) is 15.0. The third-order valence-electron chi connectivity index (χ3n) is 5.98. The molecule has 0 bridgehead atoms. The normalized spacial score (nSPS) is 10.9. The number of aromatic nitrogens is 1. The number of pyridine rings is 1. The van der Waals surface area contributed by atoms with Crippen molar-refractivity contribution in [3.8, 4) is 0 Å². The number of halogens is 3. The molecule has 3 rings (SSSR count). The molecule has 3 aromatic rings. The molecule has 0 spiro atoms. The third-order valence-corrected chi connectivity index (χ3v) is 5.98. The van der Waals surface area contributed by atoms with E-state index in [9.17, 15) is 0 Å². The second kappa shape index (κ2) is 17.8. The van der Waals surface area contributed by atoms with Crippen molar-refractivity contribution >= 4 is 22.8 Å². The maximum atomic E-state index is 5.02. The molecule has 0 amide bonds. The van der Waals surface area contributed by atoms with Crippen molar-refractivity contribution in [3.05, 3.63) is 88.2 Å². The molecule has 0 saturated carbocycles. The van der Waals surface area contributed by atoms with Crippen LogP contribution in [0.1, 0.15) is 75.2 Å². The van der Waals surface area contributed by atoms with Crippen molar-refractivity contribution in [2.24, 2.45) is 9.98 Å². The molecule has 36 heavy (non-hydrogen) atoms. The number of aryl methyl sites for hydroxylation is 4. The Morgan fingerprint density at radius 1 is 0.556 bits per heavy atom. The van der Waals surface area contributed by atoms with Gasteiger partial charge in [-0.3, -0.25) is 9.98 Å². The summed E-state index contributed by atoms with van der Waals surface area (Å²) < 4.78 is 0. The summed E-state index contributed by atoms with van der Waals surface area (Å²) in [6.45, 7) is 12.8. The summed E-state index contributed by atoms with van der Waals surface area (Å²) in [5.74, 6) is 0. The van der Waals surface area contributed by atoms with E-state index in [1.807, 2.05) is 26.0 Å². The van der Waals surface area contributed by atoms with E-state index in [1.165, 1.54) is 22.3 Å². The molecule has 192 valence electrons. The van der Waals surface area contributed by atoms with Crippen LogP contribution < -0.4 is 37.2 Å². The third kappa shape index (κ3) is 8.75. The van der Waals surface area contributed by atoms with Crippen LogP contribution in [0.3, 0.4) is 0 Å². The van der Waals surface area contributed by atoms with Crippen molar-refractivity contribution < 1.29 is 55.8 Å². The fraction of sp³-hybridized carbons (Fsp3) is 0.345. The van der Waals surface area contributed by atoms with E-state index in [1.54, 1.807) is 0 Å². The summed E-state index contributed by atoms with van der Waals surface area (Å²) in [5, 5.41) is 0. The SMILES string of the molecule is CCc1cccc(CC)c1N=C(C)c1cccc(C(C)=Nc2c(CC)cccc2CC)n1.[Cl-].[Cl-].[Cl-].[V+3]. The minimum atomic E-state index is 0. The monoisotopic (exact) mass is 581 g/mol. The van der Waals surface area contributed by atoms with Crippen molar-refractivity contribution in [2.45, 2.75) is 67.2 Å². The molecule has 0 N–H and O–H groups in total. The van der Waals surface area contributed by atoms with Crippen LogP contribution in [0.25, 0.3) is 0 Å². The Balaban J connectivity index is 0. The van der Waals surface area contributed by atoms with E-state index in [-0.39, 0.29) is 55.8 Å². The van der Waals surface area contributed by atoms with E-state index in [2.05, 4.69) is 70.2 Å². The maximum Gasteiger partial charge on any atom is 3.00 e. The molecule has 7 heteroatoms. The van der Waals surface area contributed by atoms with E-state index < -0.39 is 0 Å².